The minimum absolute atomic E-state index is 0.429. The minimum Gasteiger partial charge on any atom is -0.399 e. The van der Waals surface area contributed by atoms with E-state index in [4.69, 9.17) is 11.5 Å². The highest BCUT2D eigenvalue weighted by atomic mass is 16.1. The number of rotatable bonds is 5. The van der Waals surface area contributed by atoms with Crippen LogP contribution in [0.4, 0.5) is 11.5 Å². The number of nitrogen functional groups attached to an aromatic ring is 1. The maximum atomic E-state index is 11.1. The Hall–Kier alpha value is -2.56. The summed E-state index contributed by atoms with van der Waals surface area (Å²) < 4.78 is 0. The molecule has 0 unspecified atom stereocenters. The van der Waals surface area contributed by atoms with Crippen LogP contribution in [-0.4, -0.2) is 16.9 Å². The van der Waals surface area contributed by atoms with Gasteiger partial charge in [0.25, 0.3) is 0 Å². The van der Waals surface area contributed by atoms with E-state index in [0.717, 1.165) is 23.6 Å². The first-order valence-corrected chi connectivity index (χ1v) is 7.00. The molecule has 1 aromatic carbocycles. The summed E-state index contributed by atoms with van der Waals surface area (Å²) in [5, 5.41) is 0. The summed E-state index contributed by atoms with van der Waals surface area (Å²) in [4.78, 5) is 17.7. The van der Waals surface area contributed by atoms with Gasteiger partial charge in [-0.1, -0.05) is 12.1 Å². The number of nitrogens with zero attached hydrogens (tertiary/aromatic N) is 2. The van der Waals surface area contributed by atoms with E-state index in [1.165, 1.54) is 19.0 Å². The third kappa shape index (κ3) is 3.13. The number of anilines is 2. The lowest BCUT2D eigenvalue weighted by atomic mass is 10.2. The third-order valence-electron chi connectivity index (χ3n) is 3.62. The number of benzene rings is 1. The van der Waals surface area contributed by atoms with Crippen LogP contribution in [-0.2, 0) is 6.54 Å². The zero-order valence-electron chi connectivity index (χ0n) is 11.7. The van der Waals surface area contributed by atoms with Gasteiger partial charge in [-0.25, -0.2) is 4.98 Å². The normalized spacial score (nSPS) is 13.9. The van der Waals surface area contributed by atoms with Crippen molar-refractivity contribution in [1.82, 2.24) is 4.98 Å². The van der Waals surface area contributed by atoms with Crippen LogP contribution in [0.25, 0.3) is 0 Å². The summed E-state index contributed by atoms with van der Waals surface area (Å²) in [6, 6.07) is 12.0. The van der Waals surface area contributed by atoms with Crippen molar-refractivity contribution in [2.24, 2.45) is 5.73 Å². The fourth-order valence-corrected chi connectivity index (χ4v) is 2.37. The van der Waals surface area contributed by atoms with Gasteiger partial charge >= 0.3 is 0 Å². The van der Waals surface area contributed by atoms with Gasteiger partial charge in [-0.15, -0.1) is 0 Å². The zero-order valence-corrected chi connectivity index (χ0v) is 11.7. The lowest BCUT2D eigenvalue weighted by molar-refractivity contribution is 0.1000. The van der Waals surface area contributed by atoms with E-state index < -0.39 is 5.91 Å². The number of aromatic nitrogens is 1. The van der Waals surface area contributed by atoms with Crippen LogP contribution in [0.5, 0.6) is 0 Å². The molecule has 5 heteroatoms. The summed E-state index contributed by atoms with van der Waals surface area (Å²) in [6.45, 7) is 0.763. The molecule has 0 radical (unpaired) electrons. The van der Waals surface area contributed by atoms with Crippen molar-refractivity contribution in [3.05, 3.63) is 53.7 Å². The average Bonchev–Trinajstić information content (AvgIpc) is 3.29. The molecule has 1 saturated carbocycles. The molecule has 0 spiro atoms. The van der Waals surface area contributed by atoms with Crippen LogP contribution >= 0.6 is 0 Å². The minimum atomic E-state index is -0.456. The molecule has 2 aromatic rings. The highest BCUT2D eigenvalue weighted by molar-refractivity contribution is 5.92. The SMILES string of the molecule is NC(=O)c1ccc(N(Cc2cccc(N)c2)C2CC2)nc1. The van der Waals surface area contributed by atoms with E-state index in [2.05, 4.69) is 16.0 Å². The zero-order chi connectivity index (χ0) is 14.8. The number of carbonyl (C=O) groups is 1. The highest BCUT2D eigenvalue weighted by Gasteiger charge is 2.30. The molecule has 3 rings (SSSR count). The monoisotopic (exact) mass is 282 g/mol. The Morgan fingerprint density at radius 2 is 2.10 bits per heavy atom. The molecule has 0 saturated heterocycles. The Bertz CT molecular complexity index is 650. The Morgan fingerprint density at radius 1 is 1.29 bits per heavy atom. The van der Waals surface area contributed by atoms with Gasteiger partial charge in [0.15, 0.2) is 0 Å². The van der Waals surface area contributed by atoms with Crippen LogP contribution < -0.4 is 16.4 Å². The molecule has 1 aromatic heterocycles. The van der Waals surface area contributed by atoms with Crippen molar-refractivity contribution >= 4 is 17.4 Å². The first kappa shape index (κ1) is 13.4. The standard InChI is InChI=1S/C16H18N4O/c17-13-3-1-2-11(8-13)10-20(14-5-6-14)15-7-4-12(9-19-15)16(18)21/h1-4,7-9,14H,5-6,10,17H2,(H2,18,21). The maximum absolute atomic E-state index is 11.1. The highest BCUT2D eigenvalue weighted by Crippen LogP contribution is 2.32. The molecule has 1 aliphatic rings. The summed E-state index contributed by atoms with van der Waals surface area (Å²) in [5.74, 6) is 0.410. The maximum Gasteiger partial charge on any atom is 0.250 e. The predicted molar refractivity (Wildman–Crippen MR) is 82.8 cm³/mol. The molecular formula is C16H18N4O. The van der Waals surface area contributed by atoms with Crippen LogP contribution in [0.1, 0.15) is 28.8 Å². The van der Waals surface area contributed by atoms with Crippen LogP contribution in [0.3, 0.4) is 0 Å². The van der Waals surface area contributed by atoms with Gasteiger partial charge in [0.05, 0.1) is 5.56 Å². The van der Waals surface area contributed by atoms with Crippen molar-refractivity contribution in [2.45, 2.75) is 25.4 Å². The van der Waals surface area contributed by atoms with Crippen molar-refractivity contribution < 1.29 is 4.79 Å². The largest absolute Gasteiger partial charge is 0.399 e. The number of pyridine rings is 1. The van der Waals surface area contributed by atoms with E-state index in [-0.39, 0.29) is 0 Å². The second kappa shape index (κ2) is 5.44. The quantitative estimate of drug-likeness (QED) is 0.821. The smallest absolute Gasteiger partial charge is 0.250 e. The topological polar surface area (TPSA) is 85.2 Å². The Kier molecular flexibility index (Phi) is 3.48. The summed E-state index contributed by atoms with van der Waals surface area (Å²) >= 11 is 0. The molecule has 0 atom stereocenters. The van der Waals surface area contributed by atoms with E-state index in [1.807, 2.05) is 24.3 Å². The average molecular weight is 282 g/mol. The Morgan fingerprint density at radius 3 is 2.67 bits per heavy atom. The number of nitrogens with two attached hydrogens (primary N) is 2. The second-order valence-electron chi connectivity index (χ2n) is 5.37. The van der Waals surface area contributed by atoms with Gasteiger partial charge in [0, 0.05) is 24.5 Å². The van der Waals surface area contributed by atoms with E-state index in [1.54, 1.807) is 6.07 Å². The first-order valence-electron chi connectivity index (χ1n) is 7.00. The third-order valence-corrected chi connectivity index (χ3v) is 3.62. The molecule has 1 fully saturated rings. The van der Waals surface area contributed by atoms with Crippen molar-refractivity contribution in [1.29, 1.82) is 0 Å². The number of amides is 1. The van der Waals surface area contributed by atoms with E-state index in [0.29, 0.717) is 11.6 Å². The number of hydrogen-bond acceptors (Lipinski definition) is 4. The molecule has 4 N–H and O–H groups in total. The molecule has 0 aliphatic heterocycles. The molecule has 21 heavy (non-hydrogen) atoms. The molecule has 108 valence electrons. The van der Waals surface area contributed by atoms with Crippen LogP contribution in [0, 0.1) is 0 Å². The Labute approximate surface area is 123 Å². The first-order chi connectivity index (χ1) is 10.1. The lowest BCUT2D eigenvalue weighted by Gasteiger charge is -2.24. The fraction of sp³-hybridized carbons (Fsp3) is 0.250. The molecule has 0 bridgehead atoms. The van der Waals surface area contributed by atoms with Gasteiger partial charge < -0.3 is 16.4 Å². The van der Waals surface area contributed by atoms with Gasteiger partial charge in [0.2, 0.25) is 5.91 Å². The van der Waals surface area contributed by atoms with Crippen LogP contribution in [0.15, 0.2) is 42.6 Å². The molecule has 1 amide bonds. The second-order valence-corrected chi connectivity index (χ2v) is 5.37. The van der Waals surface area contributed by atoms with Crippen LogP contribution in [0.2, 0.25) is 0 Å². The molecule has 1 heterocycles. The van der Waals surface area contributed by atoms with Crippen molar-refractivity contribution in [2.75, 3.05) is 10.6 Å². The molecular weight excluding hydrogens is 264 g/mol. The Balaban J connectivity index is 1.83. The van der Waals surface area contributed by atoms with Gasteiger partial charge in [-0.3, -0.25) is 4.79 Å². The van der Waals surface area contributed by atoms with E-state index >= 15 is 0 Å². The van der Waals surface area contributed by atoms with Gasteiger partial charge in [-0.2, -0.15) is 0 Å². The predicted octanol–water partition coefficient (Wildman–Crippen LogP) is 1.93. The van der Waals surface area contributed by atoms with Gasteiger partial charge in [-0.05, 0) is 42.7 Å². The van der Waals surface area contributed by atoms with Crippen molar-refractivity contribution in [3.63, 3.8) is 0 Å². The van der Waals surface area contributed by atoms with Crippen molar-refractivity contribution in [3.8, 4) is 0 Å². The molecule has 5 nitrogen and oxygen atoms in total. The summed E-state index contributed by atoms with van der Waals surface area (Å²) in [6.07, 6.45) is 3.87. The number of carbonyl (C=O) groups excluding carboxylic acids is 1. The lowest BCUT2D eigenvalue weighted by Crippen LogP contribution is -2.26. The fourth-order valence-electron chi connectivity index (χ4n) is 2.37. The molecule has 1 aliphatic carbocycles. The number of hydrogen-bond donors (Lipinski definition) is 2. The number of primary amides is 1. The van der Waals surface area contributed by atoms with E-state index in [9.17, 15) is 4.79 Å². The van der Waals surface area contributed by atoms with Gasteiger partial charge in [0.1, 0.15) is 5.82 Å². The summed E-state index contributed by atoms with van der Waals surface area (Å²) in [7, 11) is 0. The summed E-state index contributed by atoms with van der Waals surface area (Å²) in [5.41, 5.74) is 13.4.